The van der Waals surface area contributed by atoms with Gasteiger partial charge in [0.05, 0.1) is 13.5 Å². The molecule has 1 saturated carbocycles. The Kier molecular flexibility index (Phi) is 3.83. The third-order valence-electron chi connectivity index (χ3n) is 3.32. The van der Waals surface area contributed by atoms with Crippen LogP contribution < -0.4 is 4.74 Å². The Bertz CT molecular complexity index is 494. The van der Waals surface area contributed by atoms with E-state index >= 15 is 0 Å². The molecule has 0 unspecified atom stereocenters. The molecule has 1 fully saturated rings. The molecule has 0 heterocycles. The van der Waals surface area contributed by atoms with Crippen LogP contribution >= 0.6 is 0 Å². The average Bonchev–Trinajstić information content (AvgIpc) is 2.35. The summed E-state index contributed by atoms with van der Waals surface area (Å²) in [5.74, 6) is -0.621. The molecule has 19 heavy (non-hydrogen) atoms. The largest absolute Gasteiger partial charge is 0.487 e. The second kappa shape index (κ2) is 5.38. The van der Waals surface area contributed by atoms with E-state index in [0.717, 1.165) is 25.3 Å². The number of esters is 1. The van der Waals surface area contributed by atoms with Gasteiger partial charge in [-0.2, -0.15) is 0 Å². The van der Waals surface area contributed by atoms with Crippen molar-refractivity contribution in [3.63, 3.8) is 0 Å². The van der Waals surface area contributed by atoms with Crippen molar-refractivity contribution in [3.05, 3.63) is 29.6 Å². The van der Waals surface area contributed by atoms with Gasteiger partial charge in [-0.3, -0.25) is 9.59 Å². The Morgan fingerprint density at radius 1 is 1.42 bits per heavy atom. The van der Waals surface area contributed by atoms with Crippen LogP contribution in [0.4, 0.5) is 4.39 Å². The topological polar surface area (TPSA) is 52.6 Å². The zero-order valence-corrected chi connectivity index (χ0v) is 10.6. The van der Waals surface area contributed by atoms with Gasteiger partial charge in [-0.15, -0.1) is 0 Å². The monoisotopic (exact) mass is 266 g/mol. The van der Waals surface area contributed by atoms with E-state index in [1.54, 1.807) is 0 Å². The average molecular weight is 266 g/mol. The number of hydrogen-bond donors (Lipinski definition) is 0. The number of carbonyl (C=O) groups is 2. The SMILES string of the molecule is COC(=O)CC1(Oc2cc(F)cc(C=O)c2)CCC1. The highest BCUT2D eigenvalue weighted by molar-refractivity contribution is 5.75. The van der Waals surface area contributed by atoms with Crippen LogP contribution in [0.25, 0.3) is 0 Å². The minimum atomic E-state index is -0.624. The second-order valence-corrected chi connectivity index (χ2v) is 4.73. The Morgan fingerprint density at radius 2 is 2.16 bits per heavy atom. The predicted molar refractivity (Wildman–Crippen MR) is 65.6 cm³/mol. The fraction of sp³-hybridized carbons (Fsp3) is 0.429. The first kappa shape index (κ1) is 13.5. The molecule has 2 rings (SSSR count). The fourth-order valence-corrected chi connectivity index (χ4v) is 2.18. The van der Waals surface area contributed by atoms with Gasteiger partial charge in [0.15, 0.2) is 0 Å². The molecular formula is C14H15FO4. The van der Waals surface area contributed by atoms with E-state index in [4.69, 9.17) is 4.74 Å². The first-order chi connectivity index (χ1) is 9.07. The van der Waals surface area contributed by atoms with E-state index in [0.29, 0.717) is 6.29 Å². The minimum absolute atomic E-state index is 0.135. The summed E-state index contributed by atoms with van der Waals surface area (Å²) in [5.41, 5.74) is -0.413. The quantitative estimate of drug-likeness (QED) is 0.607. The number of benzene rings is 1. The zero-order chi connectivity index (χ0) is 13.9. The standard InChI is InChI=1S/C14H15FO4/c1-18-13(17)8-14(3-2-4-14)19-12-6-10(9-16)5-11(15)7-12/h5-7,9H,2-4,8H2,1H3. The number of hydrogen-bond acceptors (Lipinski definition) is 4. The highest BCUT2D eigenvalue weighted by Crippen LogP contribution is 2.39. The van der Waals surface area contributed by atoms with Gasteiger partial charge in [0, 0.05) is 11.6 Å². The predicted octanol–water partition coefficient (Wildman–Crippen LogP) is 2.50. The van der Waals surface area contributed by atoms with Crippen LogP contribution in [0, 0.1) is 5.82 Å². The Balaban J connectivity index is 2.16. The number of carbonyl (C=O) groups excluding carboxylic acids is 2. The summed E-state index contributed by atoms with van der Waals surface area (Å²) in [4.78, 5) is 22.1. The van der Waals surface area contributed by atoms with E-state index in [-0.39, 0.29) is 23.7 Å². The van der Waals surface area contributed by atoms with Gasteiger partial charge in [0.2, 0.25) is 0 Å². The maximum atomic E-state index is 13.3. The van der Waals surface area contributed by atoms with Crippen molar-refractivity contribution >= 4 is 12.3 Å². The molecule has 1 aliphatic rings. The number of methoxy groups -OCH3 is 1. The minimum Gasteiger partial charge on any atom is -0.487 e. The molecule has 5 heteroatoms. The Labute approximate surface area is 110 Å². The molecule has 0 spiro atoms. The van der Waals surface area contributed by atoms with Gasteiger partial charge in [-0.25, -0.2) is 4.39 Å². The molecule has 0 N–H and O–H groups in total. The summed E-state index contributed by atoms with van der Waals surface area (Å²) in [6.07, 6.45) is 3.08. The smallest absolute Gasteiger partial charge is 0.309 e. The van der Waals surface area contributed by atoms with Gasteiger partial charge in [0.25, 0.3) is 0 Å². The van der Waals surface area contributed by atoms with Crippen LogP contribution in [-0.4, -0.2) is 25.0 Å². The molecule has 0 aromatic heterocycles. The summed E-state index contributed by atoms with van der Waals surface area (Å²) >= 11 is 0. The maximum Gasteiger partial charge on any atom is 0.309 e. The molecule has 4 nitrogen and oxygen atoms in total. The van der Waals surface area contributed by atoms with Crippen molar-refractivity contribution < 1.29 is 23.5 Å². The van der Waals surface area contributed by atoms with Crippen molar-refractivity contribution in [2.75, 3.05) is 7.11 Å². The highest BCUT2D eigenvalue weighted by atomic mass is 19.1. The molecule has 0 atom stereocenters. The van der Waals surface area contributed by atoms with Crippen molar-refractivity contribution in [2.24, 2.45) is 0 Å². The van der Waals surface area contributed by atoms with E-state index in [1.807, 2.05) is 0 Å². The van der Waals surface area contributed by atoms with Gasteiger partial charge >= 0.3 is 5.97 Å². The summed E-state index contributed by atoms with van der Waals surface area (Å²) in [5, 5.41) is 0. The number of aldehydes is 1. The third-order valence-corrected chi connectivity index (χ3v) is 3.32. The first-order valence-electron chi connectivity index (χ1n) is 6.08. The summed E-state index contributed by atoms with van der Waals surface area (Å²) in [6.45, 7) is 0. The molecule has 102 valence electrons. The van der Waals surface area contributed by atoms with Crippen LogP contribution in [0.3, 0.4) is 0 Å². The van der Waals surface area contributed by atoms with Crippen LogP contribution in [0.5, 0.6) is 5.75 Å². The van der Waals surface area contributed by atoms with Crippen molar-refractivity contribution in [1.29, 1.82) is 0 Å². The lowest BCUT2D eigenvalue weighted by Crippen LogP contribution is -2.45. The van der Waals surface area contributed by atoms with Crippen LogP contribution in [0.2, 0.25) is 0 Å². The zero-order valence-electron chi connectivity index (χ0n) is 10.6. The molecule has 0 amide bonds. The second-order valence-electron chi connectivity index (χ2n) is 4.73. The Hall–Kier alpha value is -1.91. The van der Waals surface area contributed by atoms with Gasteiger partial charge < -0.3 is 9.47 Å². The molecule has 1 aliphatic carbocycles. The Morgan fingerprint density at radius 3 is 2.68 bits per heavy atom. The van der Waals surface area contributed by atoms with E-state index < -0.39 is 11.4 Å². The summed E-state index contributed by atoms with van der Waals surface area (Å²) in [6, 6.07) is 3.81. The lowest BCUT2D eigenvalue weighted by molar-refractivity contribution is -0.148. The molecule has 1 aromatic rings. The van der Waals surface area contributed by atoms with Crippen molar-refractivity contribution in [3.8, 4) is 5.75 Å². The molecule has 1 aromatic carbocycles. The third kappa shape index (κ3) is 3.10. The van der Waals surface area contributed by atoms with E-state index in [2.05, 4.69) is 4.74 Å². The lowest BCUT2D eigenvalue weighted by Gasteiger charge is -2.41. The number of ether oxygens (including phenoxy) is 2. The lowest BCUT2D eigenvalue weighted by atomic mass is 9.77. The van der Waals surface area contributed by atoms with Crippen LogP contribution in [-0.2, 0) is 9.53 Å². The molecular weight excluding hydrogens is 251 g/mol. The van der Waals surface area contributed by atoms with E-state index in [9.17, 15) is 14.0 Å². The van der Waals surface area contributed by atoms with Crippen molar-refractivity contribution in [2.45, 2.75) is 31.3 Å². The van der Waals surface area contributed by atoms with Crippen molar-refractivity contribution in [1.82, 2.24) is 0 Å². The van der Waals surface area contributed by atoms with E-state index in [1.165, 1.54) is 19.2 Å². The molecule has 0 aliphatic heterocycles. The number of rotatable bonds is 5. The summed E-state index contributed by atoms with van der Waals surface area (Å²) in [7, 11) is 1.32. The van der Waals surface area contributed by atoms with Gasteiger partial charge in [-0.05, 0) is 31.4 Å². The fourth-order valence-electron chi connectivity index (χ4n) is 2.18. The molecule has 0 bridgehead atoms. The molecule has 0 radical (unpaired) electrons. The normalized spacial score (nSPS) is 16.3. The maximum absolute atomic E-state index is 13.3. The van der Waals surface area contributed by atoms with Crippen LogP contribution in [0.15, 0.2) is 18.2 Å². The van der Waals surface area contributed by atoms with Gasteiger partial charge in [0.1, 0.15) is 23.5 Å². The molecule has 0 saturated heterocycles. The highest BCUT2D eigenvalue weighted by Gasteiger charge is 2.42. The number of halogens is 1. The van der Waals surface area contributed by atoms with Crippen LogP contribution in [0.1, 0.15) is 36.0 Å². The summed E-state index contributed by atoms with van der Waals surface area (Å²) < 4.78 is 23.7. The van der Waals surface area contributed by atoms with Gasteiger partial charge in [-0.1, -0.05) is 0 Å². The first-order valence-corrected chi connectivity index (χ1v) is 6.08.